The number of para-hydroxylation sites is 1. The molecule has 144 valence electrons. The summed E-state index contributed by atoms with van der Waals surface area (Å²) in [5.74, 6) is -1.84. The molecule has 1 heterocycles. The van der Waals surface area contributed by atoms with Crippen LogP contribution in [0.3, 0.4) is 0 Å². The molecule has 27 heavy (non-hydrogen) atoms. The first-order valence-corrected chi connectivity index (χ1v) is 9.77. The van der Waals surface area contributed by atoms with E-state index in [9.17, 15) is 8.78 Å². The van der Waals surface area contributed by atoms with Crippen molar-refractivity contribution in [3.05, 3.63) is 63.1 Å². The predicted octanol–water partition coefficient (Wildman–Crippen LogP) is 4.74. The number of halogens is 4. The molecule has 0 spiro atoms. The van der Waals surface area contributed by atoms with Gasteiger partial charge in [-0.25, -0.2) is 8.78 Å². The molecular weight excluding hydrogens is 393 g/mol. The van der Waals surface area contributed by atoms with E-state index in [4.69, 9.17) is 33.7 Å². The van der Waals surface area contributed by atoms with Gasteiger partial charge in [0, 0.05) is 28.2 Å². The van der Waals surface area contributed by atoms with Gasteiger partial charge in [-0.3, -0.25) is 4.90 Å². The third-order valence-electron chi connectivity index (χ3n) is 5.39. The van der Waals surface area contributed by atoms with Crippen molar-refractivity contribution in [1.29, 1.82) is 0 Å². The minimum Gasteiger partial charge on any atom is -0.478 e. The predicted molar refractivity (Wildman–Crippen MR) is 102 cm³/mol. The van der Waals surface area contributed by atoms with Crippen LogP contribution < -0.4 is 10.5 Å². The van der Waals surface area contributed by atoms with Crippen molar-refractivity contribution in [2.75, 3.05) is 13.1 Å². The van der Waals surface area contributed by atoms with E-state index in [0.29, 0.717) is 23.0 Å². The fourth-order valence-corrected chi connectivity index (χ4v) is 4.73. The minimum atomic E-state index is -0.731. The van der Waals surface area contributed by atoms with Crippen LogP contribution in [0.1, 0.15) is 30.1 Å². The van der Waals surface area contributed by atoms with Crippen molar-refractivity contribution in [2.24, 2.45) is 5.73 Å². The molecule has 7 heteroatoms. The molecule has 4 rings (SSSR count). The van der Waals surface area contributed by atoms with Crippen molar-refractivity contribution in [3.63, 3.8) is 0 Å². The molecule has 2 N–H and O–H groups in total. The summed E-state index contributed by atoms with van der Waals surface area (Å²) < 4.78 is 34.4. The smallest absolute Gasteiger partial charge is 0.191 e. The average Bonchev–Trinajstić information content (AvgIpc) is 2.97. The highest BCUT2D eigenvalue weighted by Crippen LogP contribution is 2.43. The van der Waals surface area contributed by atoms with Crippen molar-refractivity contribution in [2.45, 2.75) is 37.5 Å². The monoisotopic (exact) mass is 412 g/mol. The van der Waals surface area contributed by atoms with Crippen LogP contribution in [0, 0.1) is 11.6 Å². The van der Waals surface area contributed by atoms with E-state index >= 15 is 0 Å². The van der Waals surface area contributed by atoms with E-state index in [1.807, 2.05) is 0 Å². The number of ether oxygens (including phenoxy) is 1. The third kappa shape index (κ3) is 3.66. The molecule has 1 aliphatic carbocycles. The molecule has 0 bridgehead atoms. The zero-order valence-electron chi connectivity index (χ0n) is 14.6. The van der Waals surface area contributed by atoms with Crippen LogP contribution in [-0.2, 0) is 6.42 Å². The van der Waals surface area contributed by atoms with E-state index < -0.39 is 17.7 Å². The number of rotatable bonds is 3. The Balaban J connectivity index is 1.74. The van der Waals surface area contributed by atoms with E-state index in [1.165, 1.54) is 18.2 Å². The van der Waals surface area contributed by atoms with Gasteiger partial charge in [-0.2, -0.15) is 0 Å². The Morgan fingerprint density at radius 1 is 1.15 bits per heavy atom. The van der Waals surface area contributed by atoms with Crippen LogP contribution in [0.4, 0.5) is 8.78 Å². The maximum absolute atomic E-state index is 14.2. The van der Waals surface area contributed by atoms with Gasteiger partial charge in [0.1, 0.15) is 6.10 Å². The number of hydrogen-bond acceptors (Lipinski definition) is 3. The molecule has 3 atom stereocenters. The highest BCUT2D eigenvalue weighted by Gasteiger charge is 2.41. The standard InChI is InChI=1S/C20H20Cl2F2N2O/c21-11-7-14-13(15(22)8-11)9-18(26-6-2-3-12(25)10-26)19(14)27-20-16(23)4-1-5-17(20)24/h1,4-5,7-8,12,18-19H,2-3,6,9-10,25H2/t12-,18+,19+/m1/s1. The SMILES string of the molecule is N[C@@H]1CCCN([C@H]2Cc3c(Cl)cc(Cl)cc3[C@@H]2Oc2c(F)cccc2F)C1. The lowest BCUT2D eigenvalue weighted by atomic mass is 10.0. The van der Waals surface area contributed by atoms with Gasteiger partial charge in [0.05, 0.1) is 6.04 Å². The van der Waals surface area contributed by atoms with E-state index in [-0.39, 0.29) is 17.8 Å². The molecule has 0 amide bonds. The molecule has 2 aromatic carbocycles. The summed E-state index contributed by atoms with van der Waals surface area (Å²) in [6.45, 7) is 1.57. The van der Waals surface area contributed by atoms with Crippen LogP contribution in [0.15, 0.2) is 30.3 Å². The van der Waals surface area contributed by atoms with Gasteiger partial charge in [0.2, 0.25) is 0 Å². The van der Waals surface area contributed by atoms with Gasteiger partial charge in [-0.15, -0.1) is 0 Å². The minimum absolute atomic E-state index is 0.0763. The summed E-state index contributed by atoms with van der Waals surface area (Å²) >= 11 is 12.6. The summed E-state index contributed by atoms with van der Waals surface area (Å²) in [4.78, 5) is 2.24. The second-order valence-corrected chi connectivity index (χ2v) is 8.06. The summed E-state index contributed by atoms with van der Waals surface area (Å²) in [7, 11) is 0. The molecule has 0 saturated carbocycles. The van der Waals surface area contributed by atoms with Crippen molar-refractivity contribution < 1.29 is 13.5 Å². The van der Waals surface area contributed by atoms with Crippen molar-refractivity contribution >= 4 is 23.2 Å². The Kier molecular flexibility index (Phi) is 5.30. The molecule has 2 aromatic rings. The van der Waals surface area contributed by atoms with Crippen LogP contribution in [0.5, 0.6) is 5.75 Å². The highest BCUT2D eigenvalue weighted by atomic mass is 35.5. The number of hydrogen-bond donors (Lipinski definition) is 1. The fraction of sp³-hybridized carbons (Fsp3) is 0.400. The molecule has 1 saturated heterocycles. The summed E-state index contributed by atoms with van der Waals surface area (Å²) in [5.41, 5.74) is 7.83. The largest absolute Gasteiger partial charge is 0.478 e. The van der Waals surface area contributed by atoms with E-state index in [0.717, 1.165) is 30.5 Å². The lowest BCUT2D eigenvalue weighted by Crippen LogP contribution is -2.49. The van der Waals surface area contributed by atoms with E-state index in [2.05, 4.69) is 4.90 Å². The summed E-state index contributed by atoms with van der Waals surface area (Å²) in [6.07, 6.45) is 1.99. The molecule has 0 radical (unpaired) electrons. The molecule has 1 fully saturated rings. The van der Waals surface area contributed by atoms with E-state index in [1.54, 1.807) is 12.1 Å². The van der Waals surface area contributed by atoms with Crippen LogP contribution >= 0.6 is 23.2 Å². The van der Waals surface area contributed by atoms with Gasteiger partial charge >= 0.3 is 0 Å². The molecular formula is C20H20Cl2F2N2O. The molecule has 2 aliphatic rings. The normalized spacial score (nSPS) is 25.4. The Hall–Kier alpha value is -1.40. The number of nitrogens with zero attached hydrogens (tertiary/aromatic N) is 1. The zero-order valence-corrected chi connectivity index (χ0v) is 16.1. The molecule has 0 aromatic heterocycles. The maximum atomic E-state index is 14.2. The molecule has 1 aliphatic heterocycles. The van der Waals surface area contributed by atoms with Crippen LogP contribution in [-0.4, -0.2) is 30.1 Å². The number of piperidine rings is 1. The van der Waals surface area contributed by atoms with Gasteiger partial charge in [0.15, 0.2) is 17.4 Å². The summed E-state index contributed by atoms with van der Waals surface area (Å²) in [6, 6.07) is 7.11. The first-order valence-electron chi connectivity index (χ1n) is 9.02. The first kappa shape index (κ1) is 18.9. The molecule has 0 unspecified atom stereocenters. The highest BCUT2D eigenvalue weighted by molar-refractivity contribution is 6.35. The number of likely N-dealkylation sites (tertiary alicyclic amines) is 1. The van der Waals surface area contributed by atoms with Crippen molar-refractivity contribution in [3.8, 4) is 5.75 Å². The third-order valence-corrected chi connectivity index (χ3v) is 5.94. The van der Waals surface area contributed by atoms with Crippen molar-refractivity contribution in [1.82, 2.24) is 4.90 Å². The van der Waals surface area contributed by atoms with Gasteiger partial charge < -0.3 is 10.5 Å². The lowest BCUT2D eigenvalue weighted by molar-refractivity contribution is 0.0546. The van der Waals surface area contributed by atoms with Gasteiger partial charge in [-0.05, 0) is 55.6 Å². The number of fused-ring (bicyclic) bond motifs is 1. The van der Waals surface area contributed by atoms with Gasteiger partial charge in [0.25, 0.3) is 0 Å². The second-order valence-electron chi connectivity index (χ2n) is 7.21. The number of nitrogens with two attached hydrogens (primary N) is 1. The fourth-order valence-electron chi connectivity index (χ4n) is 4.14. The summed E-state index contributed by atoms with van der Waals surface area (Å²) in [5, 5.41) is 1.02. The maximum Gasteiger partial charge on any atom is 0.191 e. The quantitative estimate of drug-likeness (QED) is 0.790. The first-order chi connectivity index (χ1) is 12.9. The lowest BCUT2D eigenvalue weighted by Gasteiger charge is -2.38. The Labute approximate surface area is 167 Å². The number of benzene rings is 2. The van der Waals surface area contributed by atoms with Gasteiger partial charge in [-0.1, -0.05) is 29.3 Å². The van der Waals surface area contributed by atoms with Crippen LogP contribution in [0.25, 0.3) is 0 Å². The van der Waals surface area contributed by atoms with Crippen LogP contribution in [0.2, 0.25) is 10.0 Å². The Morgan fingerprint density at radius 2 is 1.89 bits per heavy atom. The Morgan fingerprint density at radius 3 is 2.59 bits per heavy atom. The average molecular weight is 413 g/mol. The zero-order chi connectivity index (χ0) is 19.1. The molecule has 3 nitrogen and oxygen atoms in total. The topological polar surface area (TPSA) is 38.5 Å². The second kappa shape index (κ2) is 7.55. The Bertz CT molecular complexity index is 844.